The molecule has 0 aromatic carbocycles. The summed E-state index contributed by atoms with van der Waals surface area (Å²) in [5, 5.41) is 23.2. The third-order valence-corrected chi connectivity index (χ3v) is 11.9. The van der Waals surface area contributed by atoms with E-state index in [1.54, 1.807) is 21.1 Å². The van der Waals surface area contributed by atoms with Crippen molar-refractivity contribution < 1.29 is 43.5 Å². The fourth-order valence-electron chi connectivity index (χ4n) is 8.71. The van der Waals surface area contributed by atoms with Gasteiger partial charge in [0, 0.05) is 32.6 Å². The lowest BCUT2D eigenvalue weighted by Gasteiger charge is -2.45. The second-order valence-corrected chi connectivity index (χ2v) is 15.9. The smallest absolute Gasteiger partial charge is 0.329 e. The SMILES string of the molecule is COC1CCCC(/C=C(\C)C2OC(=O)C3CCCCN3C(=O)C(=O)C3(O)OC(CCC(C)C/C(C)=C/CCCC(O)[C@H]2C)C(OC)CC3C)C1. The molecule has 3 fully saturated rings. The molecular weight excluding hydrogens is 638 g/mol. The number of hydrogen-bond acceptors (Lipinski definition) is 9. The van der Waals surface area contributed by atoms with Crippen LogP contribution in [-0.2, 0) is 33.3 Å². The number of esters is 1. The van der Waals surface area contributed by atoms with Crippen LogP contribution >= 0.6 is 0 Å². The van der Waals surface area contributed by atoms with E-state index in [0.29, 0.717) is 44.4 Å². The molecule has 4 aliphatic rings. The summed E-state index contributed by atoms with van der Waals surface area (Å²) in [5.74, 6) is -5.41. The van der Waals surface area contributed by atoms with E-state index in [1.807, 2.05) is 13.8 Å². The Kier molecular flexibility index (Phi) is 15.1. The molecule has 1 saturated carbocycles. The fraction of sp³-hybridized carbons (Fsp3) is 0.825. The van der Waals surface area contributed by atoms with E-state index in [1.165, 1.54) is 10.5 Å². The van der Waals surface area contributed by atoms with E-state index < -0.39 is 59.6 Å². The van der Waals surface area contributed by atoms with Gasteiger partial charge < -0.3 is 34.1 Å². The van der Waals surface area contributed by atoms with Crippen molar-refractivity contribution in [2.75, 3.05) is 20.8 Å². The minimum Gasteiger partial charge on any atom is -0.456 e. The first-order chi connectivity index (χ1) is 23.8. The average Bonchev–Trinajstić information content (AvgIpc) is 3.11. The molecule has 10 heteroatoms. The van der Waals surface area contributed by atoms with E-state index in [2.05, 4.69) is 26.0 Å². The number of aliphatic hydroxyl groups is 2. The molecule has 2 bridgehead atoms. The van der Waals surface area contributed by atoms with Gasteiger partial charge in [0.25, 0.3) is 11.7 Å². The molecule has 50 heavy (non-hydrogen) atoms. The molecule has 4 rings (SSSR count). The van der Waals surface area contributed by atoms with Crippen molar-refractivity contribution in [3.8, 4) is 0 Å². The van der Waals surface area contributed by atoms with Crippen LogP contribution in [0.5, 0.6) is 0 Å². The van der Waals surface area contributed by atoms with Gasteiger partial charge in [-0.2, -0.15) is 0 Å². The molecule has 3 aliphatic heterocycles. The number of ketones is 1. The van der Waals surface area contributed by atoms with Gasteiger partial charge >= 0.3 is 5.97 Å². The van der Waals surface area contributed by atoms with Crippen LogP contribution in [0, 0.1) is 23.7 Å². The van der Waals surface area contributed by atoms with Crippen molar-refractivity contribution in [2.24, 2.45) is 23.7 Å². The number of aliphatic hydroxyl groups excluding tert-OH is 1. The summed E-state index contributed by atoms with van der Waals surface area (Å²) in [4.78, 5) is 43.4. The topological polar surface area (TPSA) is 132 Å². The molecule has 284 valence electrons. The molecule has 0 aromatic rings. The predicted molar refractivity (Wildman–Crippen MR) is 191 cm³/mol. The number of cyclic esters (lactones) is 1. The number of carbonyl (C=O) groups is 3. The first kappa shape index (κ1) is 40.7. The minimum atomic E-state index is -2.33. The summed E-state index contributed by atoms with van der Waals surface area (Å²) in [6.07, 6.45) is 12.7. The largest absolute Gasteiger partial charge is 0.456 e. The Hall–Kier alpha value is -2.11. The molecule has 2 N–H and O–H groups in total. The summed E-state index contributed by atoms with van der Waals surface area (Å²) in [6.45, 7) is 10.1. The number of carbonyl (C=O) groups excluding carboxylic acids is 3. The number of piperidine rings is 1. The molecule has 0 spiro atoms. The number of allylic oxidation sites excluding steroid dienone is 3. The number of hydrogen-bond donors (Lipinski definition) is 2. The van der Waals surface area contributed by atoms with Crippen molar-refractivity contribution in [2.45, 2.75) is 167 Å². The number of methoxy groups -OCH3 is 2. The van der Waals surface area contributed by atoms with Crippen LogP contribution in [0.25, 0.3) is 0 Å². The zero-order valence-corrected chi connectivity index (χ0v) is 31.7. The maximum absolute atomic E-state index is 14.1. The summed E-state index contributed by atoms with van der Waals surface area (Å²) >= 11 is 0. The summed E-state index contributed by atoms with van der Waals surface area (Å²) in [5.41, 5.74) is 2.14. The zero-order chi connectivity index (χ0) is 36.6. The number of ether oxygens (including phenoxy) is 4. The summed E-state index contributed by atoms with van der Waals surface area (Å²) < 4.78 is 23.9. The lowest BCUT2D eigenvalue weighted by atomic mass is 9.83. The van der Waals surface area contributed by atoms with Crippen LogP contribution in [0.2, 0.25) is 0 Å². The van der Waals surface area contributed by atoms with Gasteiger partial charge in [0.1, 0.15) is 12.1 Å². The van der Waals surface area contributed by atoms with Crippen LogP contribution in [0.1, 0.15) is 125 Å². The Morgan fingerprint density at radius 3 is 2.44 bits per heavy atom. The highest BCUT2D eigenvalue weighted by atomic mass is 16.7. The van der Waals surface area contributed by atoms with Gasteiger partial charge in [0.05, 0.1) is 24.4 Å². The van der Waals surface area contributed by atoms with Gasteiger partial charge in [0.15, 0.2) is 0 Å². The second kappa shape index (κ2) is 18.6. The second-order valence-electron chi connectivity index (χ2n) is 15.9. The Labute approximate surface area is 300 Å². The number of nitrogens with zero attached hydrogens (tertiary/aromatic N) is 1. The van der Waals surface area contributed by atoms with Gasteiger partial charge in [-0.05, 0) is 115 Å². The Morgan fingerprint density at radius 2 is 1.72 bits per heavy atom. The highest BCUT2D eigenvalue weighted by molar-refractivity contribution is 6.39. The quantitative estimate of drug-likeness (QED) is 0.204. The molecular formula is C40H65NO9. The lowest BCUT2D eigenvalue weighted by molar-refractivity contribution is -0.287. The molecule has 10 nitrogen and oxygen atoms in total. The van der Waals surface area contributed by atoms with Gasteiger partial charge in [0.2, 0.25) is 5.79 Å². The van der Waals surface area contributed by atoms with Crippen molar-refractivity contribution >= 4 is 17.7 Å². The van der Waals surface area contributed by atoms with Crippen molar-refractivity contribution in [3.05, 3.63) is 23.3 Å². The number of rotatable bonds is 4. The normalized spacial score (nSPS) is 40.6. The van der Waals surface area contributed by atoms with E-state index in [4.69, 9.17) is 18.9 Å². The van der Waals surface area contributed by atoms with Crippen molar-refractivity contribution in [1.82, 2.24) is 4.90 Å². The van der Waals surface area contributed by atoms with E-state index in [9.17, 15) is 24.6 Å². The Balaban J connectivity index is 1.66. The Morgan fingerprint density at radius 1 is 0.960 bits per heavy atom. The summed E-state index contributed by atoms with van der Waals surface area (Å²) in [6, 6.07) is -0.986. The number of fused-ring (bicyclic) bond motifs is 3. The average molecular weight is 704 g/mol. The molecule has 0 aromatic heterocycles. The summed E-state index contributed by atoms with van der Waals surface area (Å²) in [7, 11) is 3.35. The molecule has 3 heterocycles. The molecule has 0 radical (unpaired) electrons. The third kappa shape index (κ3) is 10.1. The lowest BCUT2D eigenvalue weighted by Crippen LogP contribution is -2.62. The van der Waals surface area contributed by atoms with Crippen molar-refractivity contribution in [3.63, 3.8) is 0 Å². The maximum Gasteiger partial charge on any atom is 0.329 e. The first-order valence-electron chi connectivity index (χ1n) is 19.3. The van der Waals surface area contributed by atoms with Crippen LogP contribution in [-0.4, -0.2) is 95.9 Å². The molecule has 1 amide bonds. The van der Waals surface area contributed by atoms with Gasteiger partial charge in [-0.3, -0.25) is 9.59 Å². The zero-order valence-electron chi connectivity index (χ0n) is 31.7. The Bertz CT molecular complexity index is 1220. The van der Waals surface area contributed by atoms with Crippen LogP contribution < -0.4 is 0 Å². The minimum absolute atomic E-state index is 0.187. The van der Waals surface area contributed by atoms with E-state index in [0.717, 1.165) is 56.9 Å². The van der Waals surface area contributed by atoms with Crippen LogP contribution in [0.15, 0.2) is 23.3 Å². The van der Waals surface area contributed by atoms with Gasteiger partial charge in [-0.1, -0.05) is 44.9 Å². The number of Topliss-reactive ketones (excluding diaryl/α,β-unsaturated/α-hetero) is 1. The van der Waals surface area contributed by atoms with Crippen LogP contribution in [0.3, 0.4) is 0 Å². The highest BCUT2D eigenvalue weighted by Crippen LogP contribution is 2.38. The molecule has 10 unspecified atom stereocenters. The van der Waals surface area contributed by atoms with Gasteiger partial charge in [-0.25, -0.2) is 4.79 Å². The van der Waals surface area contributed by atoms with Gasteiger partial charge in [-0.15, -0.1) is 0 Å². The van der Waals surface area contributed by atoms with Crippen molar-refractivity contribution in [1.29, 1.82) is 0 Å². The number of amides is 1. The monoisotopic (exact) mass is 703 g/mol. The maximum atomic E-state index is 14.1. The molecule has 1 aliphatic carbocycles. The highest BCUT2D eigenvalue weighted by Gasteiger charge is 2.55. The van der Waals surface area contributed by atoms with E-state index in [-0.39, 0.29) is 24.7 Å². The van der Waals surface area contributed by atoms with E-state index >= 15 is 0 Å². The fourth-order valence-corrected chi connectivity index (χ4v) is 8.71. The standard InChI is InChI=1S/C40H65NO9/c1-25-13-8-9-17-33(42)29(5)36(27(3)22-30-14-12-15-31(24-30)47-6)49-39(45)32-16-10-11-20-41(32)38(44)37(43)40(46)28(4)23-35(48-7)34(50-40)19-18-26(2)21-25/h13,22,26,28-36,42,46H,8-12,14-21,23-24H2,1-7H3/b25-13+,27-22+/t26?,28?,29-,30?,31?,32?,33?,34?,35?,36?,40?/m1/s1. The first-order valence-corrected chi connectivity index (χ1v) is 19.3. The predicted octanol–water partition coefficient (Wildman–Crippen LogP) is 6.06. The molecule has 2 saturated heterocycles. The van der Waals surface area contributed by atoms with Crippen LogP contribution in [0.4, 0.5) is 0 Å². The third-order valence-electron chi connectivity index (χ3n) is 11.9. The molecule has 11 atom stereocenters.